The Labute approximate surface area is 155 Å². The molecule has 0 aliphatic carbocycles. The predicted molar refractivity (Wildman–Crippen MR) is 103 cm³/mol. The summed E-state index contributed by atoms with van der Waals surface area (Å²) in [4.78, 5) is 0. The van der Waals surface area contributed by atoms with Crippen molar-refractivity contribution in [3.05, 3.63) is 58.6 Å². The van der Waals surface area contributed by atoms with Crippen molar-refractivity contribution in [2.24, 2.45) is 0 Å². The lowest BCUT2D eigenvalue weighted by molar-refractivity contribution is 0.00578. The first-order valence-electron chi connectivity index (χ1n) is 8.52. The lowest BCUT2D eigenvalue weighted by Crippen LogP contribution is -2.41. The summed E-state index contributed by atoms with van der Waals surface area (Å²) in [6.07, 6.45) is 0. The van der Waals surface area contributed by atoms with Crippen molar-refractivity contribution in [2.75, 3.05) is 0 Å². The first-order chi connectivity index (χ1) is 11.7. The van der Waals surface area contributed by atoms with Gasteiger partial charge in [0.05, 0.1) is 11.2 Å². The van der Waals surface area contributed by atoms with Crippen LogP contribution in [0.5, 0.6) is 5.75 Å². The average molecular weight is 359 g/mol. The molecule has 1 aliphatic heterocycles. The minimum Gasteiger partial charge on any atom is -0.489 e. The van der Waals surface area contributed by atoms with Gasteiger partial charge in [-0.1, -0.05) is 41.9 Å². The lowest BCUT2D eigenvalue weighted by atomic mass is 9.78. The highest BCUT2D eigenvalue weighted by Gasteiger charge is 2.52. The third-order valence-corrected chi connectivity index (χ3v) is 5.37. The Kier molecular flexibility index (Phi) is 4.89. The van der Waals surface area contributed by atoms with Crippen LogP contribution in [0.4, 0.5) is 0 Å². The van der Waals surface area contributed by atoms with E-state index in [0.717, 1.165) is 22.3 Å². The monoisotopic (exact) mass is 358 g/mol. The Morgan fingerprint density at radius 2 is 1.64 bits per heavy atom. The first kappa shape index (κ1) is 18.3. The first-order valence-corrected chi connectivity index (χ1v) is 8.90. The Bertz CT molecular complexity index is 757. The van der Waals surface area contributed by atoms with Crippen LogP contribution in [0.2, 0.25) is 5.02 Å². The Balaban J connectivity index is 1.80. The molecule has 0 atom stereocenters. The maximum atomic E-state index is 6.31. The van der Waals surface area contributed by atoms with E-state index in [1.807, 2.05) is 77.1 Å². The molecule has 0 amide bonds. The number of rotatable bonds is 4. The van der Waals surface area contributed by atoms with Crippen molar-refractivity contribution in [3.8, 4) is 5.75 Å². The fraction of sp³-hybridized carbons (Fsp3) is 0.400. The summed E-state index contributed by atoms with van der Waals surface area (Å²) in [7, 11) is -0.449. The quantitative estimate of drug-likeness (QED) is 0.752. The van der Waals surface area contributed by atoms with Crippen LogP contribution < -0.4 is 10.2 Å². The van der Waals surface area contributed by atoms with E-state index < -0.39 is 7.12 Å². The van der Waals surface area contributed by atoms with Crippen LogP contribution in [0.15, 0.2) is 42.5 Å². The molecule has 1 aliphatic rings. The van der Waals surface area contributed by atoms with Gasteiger partial charge in [-0.15, -0.1) is 0 Å². The zero-order valence-electron chi connectivity index (χ0n) is 15.4. The van der Waals surface area contributed by atoms with E-state index in [1.54, 1.807) is 0 Å². The Morgan fingerprint density at radius 1 is 1.00 bits per heavy atom. The van der Waals surface area contributed by atoms with E-state index >= 15 is 0 Å². The molecule has 0 spiro atoms. The van der Waals surface area contributed by atoms with Crippen molar-refractivity contribution in [1.29, 1.82) is 0 Å². The van der Waals surface area contributed by atoms with Crippen LogP contribution in [0.25, 0.3) is 0 Å². The topological polar surface area (TPSA) is 27.7 Å². The fourth-order valence-electron chi connectivity index (χ4n) is 2.70. The highest BCUT2D eigenvalue weighted by atomic mass is 35.5. The van der Waals surface area contributed by atoms with Crippen molar-refractivity contribution in [1.82, 2.24) is 0 Å². The van der Waals surface area contributed by atoms with Gasteiger partial charge in [0.25, 0.3) is 0 Å². The summed E-state index contributed by atoms with van der Waals surface area (Å²) in [6.45, 7) is 10.6. The van der Waals surface area contributed by atoms with E-state index in [9.17, 15) is 0 Å². The summed E-state index contributed by atoms with van der Waals surface area (Å²) in [6, 6.07) is 13.8. The molecule has 0 aromatic heterocycles. The van der Waals surface area contributed by atoms with Gasteiger partial charge in [-0.25, -0.2) is 0 Å². The normalized spacial score (nSPS) is 18.4. The number of ether oxygens (including phenoxy) is 1. The summed E-state index contributed by atoms with van der Waals surface area (Å²) in [5.41, 5.74) is 2.21. The number of hydrogen-bond donors (Lipinski definition) is 0. The lowest BCUT2D eigenvalue weighted by Gasteiger charge is -2.32. The van der Waals surface area contributed by atoms with Crippen molar-refractivity contribution in [3.63, 3.8) is 0 Å². The summed E-state index contributed by atoms with van der Waals surface area (Å²) >= 11 is 6.31. The molecule has 0 saturated carbocycles. The van der Waals surface area contributed by atoms with Gasteiger partial charge in [0.2, 0.25) is 0 Å². The highest BCUT2D eigenvalue weighted by Crippen LogP contribution is 2.37. The van der Waals surface area contributed by atoms with Crippen molar-refractivity contribution >= 4 is 24.2 Å². The smallest absolute Gasteiger partial charge is 0.489 e. The molecule has 5 heteroatoms. The molecule has 3 nitrogen and oxygen atoms in total. The molecular weight excluding hydrogens is 334 g/mol. The molecular formula is C20H24BClO3. The number of para-hydroxylation sites is 1. The minimum atomic E-state index is -0.449. The average Bonchev–Trinajstić information content (AvgIpc) is 2.75. The molecule has 132 valence electrons. The Hall–Kier alpha value is -1.49. The zero-order chi connectivity index (χ0) is 18.2. The standard InChI is InChI=1S/C20H24BClO3/c1-14-10-11-15(17(22)12-14)13-23-18-9-7-6-8-16(18)21-24-19(2,3)20(4,5)25-21/h6-12H,13H2,1-5H3. The second-order valence-electron chi connectivity index (χ2n) is 7.51. The fourth-order valence-corrected chi connectivity index (χ4v) is 2.99. The zero-order valence-corrected chi connectivity index (χ0v) is 16.2. The molecule has 2 aromatic carbocycles. The van der Waals surface area contributed by atoms with Crippen LogP contribution in [0.3, 0.4) is 0 Å². The van der Waals surface area contributed by atoms with E-state index in [4.69, 9.17) is 25.6 Å². The minimum absolute atomic E-state index is 0.384. The van der Waals surface area contributed by atoms with Gasteiger partial charge in [0.1, 0.15) is 12.4 Å². The molecule has 0 N–H and O–H groups in total. The number of hydrogen-bond acceptors (Lipinski definition) is 3. The summed E-state index contributed by atoms with van der Waals surface area (Å²) in [5.74, 6) is 0.748. The van der Waals surface area contributed by atoms with Gasteiger partial charge in [-0.3, -0.25) is 0 Å². The van der Waals surface area contributed by atoms with Crippen LogP contribution >= 0.6 is 11.6 Å². The van der Waals surface area contributed by atoms with Gasteiger partial charge < -0.3 is 14.0 Å². The SMILES string of the molecule is Cc1ccc(COc2ccccc2B2OC(C)(C)C(C)(C)O2)c(Cl)c1. The maximum absolute atomic E-state index is 6.31. The Morgan fingerprint density at radius 3 is 2.28 bits per heavy atom. The van der Waals surface area contributed by atoms with Crippen LogP contribution in [0, 0.1) is 6.92 Å². The van der Waals surface area contributed by atoms with Gasteiger partial charge in [0, 0.05) is 16.0 Å². The molecule has 1 heterocycles. The summed E-state index contributed by atoms with van der Waals surface area (Å²) in [5, 5.41) is 0.716. The van der Waals surface area contributed by atoms with Crippen molar-refractivity contribution < 1.29 is 14.0 Å². The molecule has 0 radical (unpaired) electrons. The molecule has 0 unspecified atom stereocenters. The predicted octanol–water partition coefficient (Wildman–Crippen LogP) is 4.53. The van der Waals surface area contributed by atoms with Gasteiger partial charge in [-0.05, 0) is 52.3 Å². The van der Waals surface area contributed by atoms with Crippen LogP contribution in [-0.4, -0.2) is 18.3 Å². The third-order valence-electron chi connectivity index (χ3n) is 5.02. The molecule has 1 saturated heterocycles. The molecule has 25 heavy (non-hydrogen) atoms. The number of benzene rings is 2. The second kappa shape index (κ2) is 6.67. The van der Waals surface area contributed by atoms with E-state index in [-0.39, 0.29) is 11.2 Å². The summed E-state index contributed by atoms with van der Waals surface area (Å²) < 4.78 is 18.4. The van der Waals surface area contributed by atoms with Crippen LogP contribution in [0.1, 0.15) is 38.8 Å². The highest BCUT2D eigenvalue weighted by molar-refractivity contribution is 6.63. The van der Waals surface area contributed by atoms with E-state index in [2.05, 4.69) is 0 Å². The van der Waals surface area contributed by atoms with Gasteiger partial charge >= 0.3 is 7.12 Å². The molecule has 2 aromatic rings. The molecule has 0 bridgehead atoms. The van der Waals surface area contributed by atoms with Gasteiger partial charge in [-0.2, -0.15) is 0 Å². The molecule has 3 rings (SSSR count). The van der Waals surface area contributed by atoms with Crippen LogP contribution in [-0.2, 0) is 15.9 Å². The van der Waals surface area contributed by atoms with Crippen molar-refractivity contribution in [2.45, 2.75) is 52.4 Å². The third kappa shape index (κ3) is 3.71. The molecule has 1 fully saturated rings. The largest absolute Gasteiger partial charge is 0.498 e. The van der Waals surface area contributed by atoms with E-state index in [0.29, 0.717) is 11.6 Å². The van der Waals surface area contributed by atoms with Gasteiger partial charge in [0.15, 0.2) is 0 Å². The maximum Gasteiger partial charge on any atom is 0.498 e. The number of aryl methyl sites for hydroxylation is 1. The second-order valence-corrected chi connectivity index (χ2v) is 7.92. The number of halogens is 1. The van der Waals surface area contributed by atoms with E-state index in [1.165, 1.54) is 0 Å².